The quantitative estimate of drug-likeness (QED) is 0.363. The second kappa shape index (κ2) is 9.10. The van der Waals surface area contributed by atoms with Crippen molar-refractivity contribution in [1.29, 1.82) is 0 Å². The van der Waals surface area contributed by atoms with Crippen LogP contribution in [0, 0.1) is 0 Å². The van der Waals surface area contributed by atoms with Gasteiger partial charge in [0.2, 0.25) is 17.8 Å². The number of ether oxygens (including phenoxy) is 1. The van der Waals surface area contributed by atoms with Crippen LogP contribution in [0.3, 0.4) is 0 Å². The number of hydrogen-bond acceptors (Lipinski definition) is 8. The van der Waals surface area contributed by atoms with Crippen LogP contribution in [0.4, 0.5) is 17.6 Å². The van der Waals surface area contributed by atoms with E-state index in [1.54, 1.807) is 43.3 Å². The van der Waals surface area contributed by atoms with Gasteiger partial charge in [-0.1, -0.05) is 18.2 Å². The Morgan fingerprint density at radius 3 is 2.67 bits per heavy atom. The lowest BCUT2D eigenvalue weighted by atomic mass is 10.2. The number of amides is 1. The molecule has 12 heteroatoms. The number of carbonyl (C=O) groups excluding carboxylic acids is 1. The molecule has 1 fully saturated rings. The van der Waals surface area contributed by atoms with E-state index in [1.807, 2.05) is 6.07 Å². The standard InChI is InChI=1S/C21H25N7O5/c1-12(30)27(13-7-5-4-6-8-13)21-23-17-18(24-20(25-19(17)32)22-11-26(2)3)28(21)16-9-14(31)15(10-29)33-16/h4-8,11,14-16,29,31H,9-10H2,1-3H3,(H,24,25,32)/b22-11+/t14-,15+,16+/m0/s1. The largest absolute Gasteiger partial charge is 0.394 e. The smallest absolute Gasteiger partial charge is 0.280 e. The number of aliphatic imine (C=N–C) groups is 1. The summed E-state index contributed by atoms with van der Waals surface area (Å²) >= 11 is 0. The van der Waals surface area contributed by atoms with Crippen molar-refractivity contribution in [1.82, 2.24) is 24.4 Å². The van der Waals surface area contributed by atoms with Gasteiger partial charge in [-0.15, -0.1) is 0 Å². The Morgan fingerprint density at radius 2 is 2.06 bits per heavy atom. The van der Waals surface area contributed by atoms with Crippen LogP contribution in [0.2, 0.25) is 0 Å². The lowest BCUT2D eigenvalue weighted by Crippen LogP contribution is -2.27. The van der Waals surface area contributed by atoms with Crippen LogP contribution in [0.15, 0.2) is 40.1 Å². The first-order chi connectivity index (χ1) is 15.8. The summed E-state index contributed by atoms with van der Waals surface area (Å²) in [5.74, 6) is -0.205. The number of benzene rings is 1. The van der Waals surface area contributed by atoms with Crippen molar-refractivity contribution in [3.8, 4) is 0 Å². The molecule has 1 aliphatic heterocycles. The molecule has 1 amide bonds. The van der Waals surface area contributed by atoms with Crippen LogP contribution in [-0.4, -0.2) is 79.8 Å². The average molecular weight is 455 g/mol. The predicted octanol–water partition coefficient (Wildman–Crippen LogP) is 0.666. The van der Waals surface area contributed by atoms with Crippen LogP contribution in [0.1, 0.15) is 19.6 Å². The number of aliphatic hydroxyl groups excluding tert-OH is 2. The van der Waals surface area contributed by atoms with Gasteiger partial charge >= 0.3 is 0 Å². The molecule has 1 aliphatic rings. The number of nitrogens with one attached hydrogen (secondary N) is 1. The van der Waals surface area contributed by atoms with E-state index in [-0.39, 0.29) is 42.0 Å². The molecule has 4 rings (SSSR count). The predicted molar refractivity (Wildman–Crippen MR) is 121 cm³/mol. The van der Waals surface area contributed by atoms with E-state index in [0.29, 0.717) is 5.69 Å². The number of rotatable bonds is 6. The minimum absolute atomic E-state index is 0.0125. The molecule has 3 atom stereocenters. The van der Waals surface area contributed by atoms with Crippen molar-refractivity contribution in [3.63, 3.8) is 0 Å². The second-order valence-electron chi connectivity index (χ2n) is 7.86. The summed E-state index contributed by atoms with van der Waals surface area (Å²) in [6.07, 6.45) is -1.01. The molecule has 12 nitrogen and oxygen atoms in total. The van der Waals surface area contributed by atoms with Gasteiger partial charge in [0.1, 0.15) is 12.3 Å². The lowest BCUT2D eigenvalue weighted by molar-refractivity contribution is -0.116. The van der Waals surface area contributed by atoms with E-state index in [0.717, 1.165) is 0 Å². The molecule has 1 saturated heterocycles. The minimum Gasteiger partial charge on any atom is -0.394 e. The summed E-state index contributed by atoms with van der Waals surface area (Å²) in [5, 5.41) is 19.9. The third-order valence-electron chi connectivity index (χ3n) is 5.13. The molecule has 0 radical (unpaired) electrons. The fraction of sp³-hybridized carbons (Fsp3) is 0.381. The molecule has 3 N–H and O–H groups in total. The first-order valence-electron chi connectivity index (χ1n) is 10.3. The van der Waals surface area contributed by atoms with Gasteiger partial charge in [0.15, 0.2) is 11.2 Å². The van der Waals surface area contributed by atoms with E-state index >= 15 is 0 Å². The molecule has 33 heavy (non-hydrogen) atoms. The molecule has 2 aromatic heterocycles. The number of nitrogens with zero attached hydrogens (tertiary/aromatic N) is 6. The van der Waals surface area contributed by atoms with Crippen LogP contribution in [0.5, 0.6) is 0 Å². The third-order valence-corrected chi connectivity index (χ3v) is 5.13. The number of anilines is 2. The normalized spacial score (nSPS) is 20.6. The van der Waals surface area contributed by atoms with Crippen LogP contribution < -0.4 is 10.5 Å². The average Bonchev–Trinajstić information content (AvgIpc) is 3.33. The van der Waals surface area contributed by atoms with Gasteiger partial charge < -0.3 is 19.8 Å². The Bertz CT molecular complexity index is 1240. The zero-order valence-electron chi connectivity index (χ0n) is 18.4. The fourth-order valence-corrected chi connectivity index (χ4v) is 3.67. The minimum atomic E-state index is -0.943. The number of imidazole rings is 1. The van der Waals surface area contributed by atoms with Gasteiger partial charge in [0.05, 0.1) is 24.7 Å². The molecular formula is C21H25N7O5. The van der Waals surface area contributed by atoms with Gasteiger partial charge in [-0.3, -0.25) is 24.0 Å². The van der Waals surface area contributed by atoms with Gasteiger partial charge in [-0.25, -0.2) is 9.98 Å². The van der Waals surface area contributed by atoms with Gasteiger partial charge in [0.25, 0.3) is 5.56 Å². The van der Waals surface area contributed by atoms with Crippen molar-refractivity contribution in [3.05, 3.63) is 40.7 Å². The molecule has 0 bridgehead atoms. The maximum absolute atomic E-state index is 12.8. The van der Waals surface area contributed by atoms with E-state index in [1.165, 1.54) is 22.7 Å². The second-order valence-corrected chi connectivity index (χ2v) is 7.86. The Hall–Kier alpha value is -3.61. The van der Waals surface area contributed by atoms with Gasteiger partial charge in [-0.05, 0) is 12.1 Å². The summed E-state index contributed by atoms with van der Waals surface area (Å²) in [6, 6.07) is 8.82. The molecule has 174 valence electrons. The van der Waals surface area contributed by atoms with Gasteiger partial charge in [0, 0.05) is 27.4 Å². The Labute approximate surface area is 188 Å². The number of para-hydroxylation sites is 1. The number of aromatic amines is 1. The van der Waals surface area contributed by atoms with E-state index in [4.69, 9.17) is 4.74 Å². The molecule has 1 aromatic carbocycles. The molecule has 0 spiro atoms. The number of aromatic nitrogens is 4. The molecule has 0 aliphatic carbocycles. The van der Waals surface area contributed by atoms with E-state index in [9.17, 15) is 19.8 Å². The van der Waals surface area contributed by atoms with E-state index < -0.39 is 24.0 Å². The van der Waals surface area contributed by atoms with E-state index in [2.05, 4.69) is 19.9 Å². The summed E-state index contributed by atoms with van der Waals surface area (Å²) in [6.45, 7) is 0.989. The highest BCUT2D eigenvalue weighted by molar-refractivity contribution is 5.98. The first-order valence-corrected chi connectivity index (χ1v) is 10.3. The van der Waals surface area contributed by atoms with Gasteiger partial charge in [-0.2, -0.15) is 4.98 Å². The number of fused-ring (bicyclic) bond motifs is 1. The zero-order valence-corrected chi connectivity index (χ0v) is 18.4. The molecular weight excluding hydrogens is 430 g/mol. The SMILES string of the molecule is CC(=O)N(c1ccccc1)c1nc2c(=O)[nH]c(/N=C/N(C)C)nc2n1[C@H]1C[C@H](O)[C@@H](CO)O1. The highest BCUT2D eigenvalue weighted by atomic mass is 16.5. The molecule has 0 unspecified atom stereocenters. The Balaban J connectivity index is 1.96. The van der Waals surface area contributed by atoms with Crippen LogP contribution >= 0.6 is 0 Å². The van der Waals surface area contributed by atoms with Crippen molar-refractivity contribution >= 4 is 41.0 Å². The zero-order chi connectivity index (χ0) is 23.7. The summed E-state index contributed by atoms with van der Waals surface area (Å²) < 4.78 is 7.34. The highest BCUT2D eigenvalue weighted by Gasteiger charge is 2.38. The highest BCUT2D eigenvalue weighted by Crippen LogP contribution is 2.36. The molecule has 3 heterocycles. The molecule has 0 saturated carbocycles. The van der Waals surface area contributed by atoms with Crippen LogP contribution in [-0.2, 0) is 9.53 Å². The Morgan fingerprint density at radius 1 is 1.33 bits per heavy atom. The maximum Gasteiger partial charge on any atom is 0.280 e. The van der Waals surface area contributed by atoms with Crippen molar-refractivity contribution < 1.29 is 19.7 Å². The Kier molecular flexibility index (Phi) is 6.22. The first kappa shape index (κ1) is 22.6. The maximum atomic E-state index is 12.8. The lowest BCUT2D eigenvalue weighted by Gasteiger charge is -2.24. The number of hydrogen-bond donors (Lipinski definition) is 3. The molecule has 3 aromatic rings. The summed E-state index contributed by atoms with van der Waals surface area (Å²) in [4.78, 5) is 44.2. The monoisotopic (exact) mass is 455 g/mol. The van der Waals surface area contributed by atoms with Crippen molar-refractivity contribution in [2.45, 2.75) is 31.8 Å². The number of carbonyl (C=O) groups is 1. The number of H-pyrrole nitrogens is 1. The van der Waals surface area contributed by atoms with Crippen molar-refractivity contribution in [2.75, 3.05) is 25.6 Å². The topological polar surface area (TPSA) is 149 Å². The number of aliphatic hydroxyl groups is 2. The van der Waals surface area contributed by atoms with Crippen LogP contribution in [0.25, 0.3) is 11.2 Å². The third kappa shape index (κ3) is 4.35. The summed E-state index contributed by atoms with van der Waals surface area (Å²) in [5.41, 5.74) is 0.111. The fourth-order valence-electron chi connectivity index (χ4n) is 3.67. The van der Waals surface area contributed by atoms with Crippen molar-refractivity contribution in [2.24, 2.45) is 4.99 Å². The summed E-state index contributed by atoms with van der Waals surface area (Å²) in [7, 11) is 3.55.